The summed E-state index contributed by atoms with van der Waals surface area (Å²) in [6.45, 7) is 4.59. The van der Waals surface area contributed by atoms with Crippen LogP contribution in [0.25, 0.3) is 10.9 Å². The summed E-state index contributed by atoms with van der Waals surface area (Å²) in [5.41, 5.74) is 3.38. The summed E-state index contributed by atoms with van der Waals surface area (Å²) in [7, 11) is 0. The van der Waals surface area contributed by atoms with E-state index in [9.17, 15) is 9.59 Å². The average molecular weight is 516 g/mol. The maximum absolute atomic E-state index is 13.7. The molecule has 4 aromatic rings. The Kier molecular flexibility index (Phi) is 7.46. The highest BCUT2D eigenvalue weighted by Gasteiger charge is 2.24. The Morgan fingerprint density at radius 1 is 1.05 bits per heavy atom. The molecule has 37 heavy (non-hydrogen) atoms. The first-order valence-electron chi connectivity index (χ1n) is 12.5. The van der Waals surface area contributed by atoms with Gasteiger partial charge in [0.15, 0.2) is 16.7 Å². The first-order valence-corrected chi connectivity index (χ1v) is 13.4. The highest BCUT2D eigenvalue weighted by Crippen LogP contribution is 2.35. The number of carbonyl (C=O) groups excluding carboxylic acids is 1. The second-order valence-corrected chi connectivity index (χ2v) is 9.99. The second kappa shape index (κ2) is 11.1. The predicted octanol–water partition coefficient (Wildman–Crippen LogP) is 5.44. The fourth-order valence-electron chi connectivity index (χ4n) is 4.38. The molecule has 1 aromatic heterocycles. The lowest BCUT2D eigenvalue weighted by molar-refractivity contribution is -0.115. The minimum absolute atomic E-state index is 0.108. The number of amides is 1. The number of aryl methyl sites for hydroxylation is 2. The molecule has 0 saturated heterocycles. The molecule has 0 bridgehead atoms. The Balaban J connectivity index is 1.49. The first kappa shape index (κ1) is 24.9. The molecule has 1 N–H and O–H groups in total. The zero-order valence-electron chi connectivity index (χ0n) is 20.9. The van der Waals surface area contributed by atoms with E-state index in [0.29, 0.717) is 46.9 Å². The van der Waals surface area contributed by atoms with Crippen molar-refractivity contribution in [2.75, 3.05) is 12.1 Å². The van der Waals surface area contributed by atoms with Gasteiger partial charge in [0.25, 0.3) is 5.56 Å². The summed E-state index contributed by atoms with van der Waals surface area (Å²) in [6.07, 6.45) is 2.07. The third-order valence-electron chi connectivity index (χ3n) is 6.45. The number of nitrogens with zero attached hydrogens (tertiary/aromatic N) is 2. The number of thioether (sulfide) groups is 1. The van der Waals surface area contributed by atoms with E-state index in [1.807, 2.05) is 61.5 Å². The van der Waals surface area contributed by atoms with Crippen molar-refractivity contribution in [1.82, 2.24) is 9.55 Å². The number of aromatic nitrogens is 2. The van der Waals surface area contributed by atoms with Crippen molar-refractivity contribution in [1.29, 1.82) is 0 Å². The number of rotatable bonds is 9. The number of hydrogen-bond acceptors (Lipinski definition) is 6. The summed E-state index contributed by atoms with van der Waals surface area (Å²) in [5, 5.41) is 3.64. The van der Waals surface area contributed by atoms with Gasteiger partial charge in [-0.25, -0.2) is 4.98 Å². The van der Waals surface area contributed by atoms with E-state index in [1.54, 1.807) is 16.7 Å². The molecule has 8 heteroatoms. The largest absolute Gasteiger partial charge is 0.454 e. The molecule has 1 aliphatic heterocycles. The number of fused-ring (bicyclic) bond motifs is 2. The van der Waals surface area contributed by atoms with Crippen molar-refractivity contribution < 1.29 is 14.3 Å². The van der Waals surface area contributed by atoms with Gasteiger partial charge in [-0.2, -0.15) is 0 Å². The molecule has 3 aromatic carbocycles. The first-order chi connectivity index (χ1) is 18.1. The predicted molar refractivity (Wildman–Crippen MR) is 147 cm³/mol. The lowest BCUT2D eigenvalue weighted by Gasteiger charge is -2.19. The minimum atomic E-state index is -0.425. The molecule has 7 nitrogen and oxygen atoms in total. The fourth-order valence-corrected chi connectivity index (χ4v) is 5.42. The number of benzene rings is 3. The highest BCUT2D eigenvalue weighted by atomic mass is 32.2. The Morgan fingerprint density at radius 2 is 1.78 bits per heavy atom. The topological polar surface area (TPSA) is 82.5 Å². The molecule has 0 aliphatic carbocycles. The molecule has 0 radical (unpaired) electrons. The smallest absolute Gasteiger partial charge is 0.262 e. The van der Waals surface area contributed by atoms with E-state index in [2.05, 4.69) is 12.2 Å². The van der Waals surface area contributed by atoms with Crippen molar-refractivity contribution in [3.05, 3.63) is 88.2 Å². The Labute approximate surface area is 219 Å². The van der Waals surface area contributed by atoms with Gasteiger partial charge in [0.05, 0.1) is 16.2 Å². The third kappa shape index (κ3) is 5.34. The van der Waals surface area contributed by atoms with E-state index in [-0.39, 0.29) is 18.3 Å². The second-order valence-electron chi connectivity index (χ2n) is 8.82. The third-order valence-corrected chi connectivity index (χ3v) is 7.80. The van der Waals surface area contributed by atoms with Crippen molar-refractivity contribution in [3.8, 4) is 11.5 Å². The van der Waals surface area contributed by atoms with Crippen LogP contribution in [0.5, 0.6) is 11.5 Å². The molecule has 0 unspecified atom stereocenters. The number of ether oxygens (including phenoxy) is 2. The van der Waals surface area contributed by atoms with Crippen LogP contribution in [0.3, 0.4) is 0 Å². The van der Waals surface area contributed by atoms with Crippen LogP contribution in [0.2, 0.25) is 0 Å². The standard InChI is InChI=1S/C29H29N3O4S/c1-3-20-12-8-9-13-22(20)30-27(33)26(4-2)37-29-31-23-17-25-24(35-18-36-25)16-21(23)28(34)32(29)15-14-19-10-6-5-7-11-19/h5-13,16-17,26H,3-4,14-15,18H2,1-2H3,(H,30,33)/t26-/m0/s1. The van der Waals surface area contributed by atoms with Crippen LogP contribution in [0.4, 0.5) is 5.69 Å². The number of para-hydroxylation sites is 1. The molecule has 0 saturated carbocycles. The van der Waals surface area contributed by atoms with Gasteiger partial charge < -0.3 is 14.8 Å². The maximum Gasteiger partial charge on any atom is 0.262 e. The molecule has 0 fully saturated rings. The fraction of sp³-hybridized carbons (Fsp3) is 0.276. The molecule has 1 atom stereocenters. The summed E-state index contributed by atoms with van der Waals surface area (Å²) in [5.74, 6) is 1.00. The van der Waals surface area contributed by atoms with Crippen LogP contribution in [0.15, 0.2) is 76.7 Å². The maximum atomic E-state index is 13.7. The Morgan fingerprint density at radius 3 is 2.54 bits per heavy atom. The quantitative estimate of drug-likeness (QED) is 0.236. The SMILES string of the molecule is CCc1ccccc1NC(=O)[C@H](CC)Sc1nc2cc3c(cc2c(=O)n1CCc1ccccc1)OCO3. The zero-order valence-corrected chi connectivity index (χ0v) is 21.7. The van der Waals surface area contributed by atoms with Crippen LogP contribution in [0.1, 0.15) is 31.4 Å². The summed E-state index contributed by atoms with van der Waals surface area (Å²) in [6, 6.07) is 21.3. The number of carbonyl (C=O) groups is 1. The molecule has 5 rings (SSSR count). The van der Waals surface area contributed by atoms with Gasteiger partial charge in [0.1, 0.15) is 0 Å². The van der Waals surface area contributed by atoms with Crippen LogP contribution >= 0.6 is 11.8 Å². The van der Waals surface area contributed by atoms with E-state index in [1.165, 1.54) is 11.8 Å². The van der Waals surface area contributed by atoms with Gasteiger partial charge in [-0.1, -0.05) is 74.1 Å². The van der Waals surface area contributed by atoms with Crippen LogP contribution < -0.4 is 20.3 Å². The van der Waals surface area contributed by atoms with Crippen molar-refractivity contribution in [3.63, 3.8) is 0 Å². The number of nitrogens with one attached hydrogen (secondary N) is 1. The van der Waals surface area contributed by atoms with Gasteiger partial charge in [-0.05, 0) is 42.5 Å². The highest BCUT2D eigenvalue weighted by molar-refractivity contribution is 8.00. The van der Waals surface area contributed by atoms with Crippen molar-refractivity contribution in [2.24, 2.45) is 0 Å². The molecule has 190 valence electrons. The van der Waals surface area contributed by atoms with Gasteiger partial charge in [0.2, 0.25) is 12.7 Å². The van der Waals surface area contributed by atoms with Gasteiger partial charge in [-0.3, -0.25) is 14.2 Å². The summed E-state index contributed by atoms with van der Waals surface area (Å²) in [4.78, 5) is 31.9. The Bertz CT molecular complexity index is 1490. The van der Waals surface area contributed by atoms with Gasteiger partial charge >= 0.3 is 0 Å². The van der Waals surface area contributed by atoms with E-state index >= 15 is 0 Å². The molecule has 1 aliphatic rings. The van der Waals surface area contributed by atoms with E-state index in [4.69, 9.17) is 14.5 Å². The molecule has 1 amide bonds. The monoisotopic (exact) mass is 515 g/mol. The van der Waals surface area contributed by atoms with Crippen LogP contribution in [-0.4, -0.2) is 27.5 Å². The number of anilines is 1. The summed E-state index contributed by atoms with van der Waals surface area (Å²) >= 11 is 1.32. The van der Waals surface area contributed by atoms with E-state index in [0.717, 1.165) is 23.2 Å². The average Bonchev–Trinajstić information content (AvgIpc) is 3.38. The van der Waals surface area contributed by atoms with Crippen LogP contribution in [-0.2, 0) is 24.2 Å². The molecule has 0 spiro atoms. The minimum Gasteiger partial charge on any atom is -0.454 e. The van der Waals surface area contributed by atoms with E-state index < -0.39 is 5.25 Å². The molecular formula is C29H29N3O4S. The van der Waals surface area contributed by atoms with Gasteiger partial charge in [0, 0.05) is 18.3 Å². The van der Waals surface area contributed by atoms with Crippen molar-refractivity contribution >= 4 is 34.3 Å². The normalized spacial score (nSPS) is 13.0. The number of hydrogen-bond donors (Lipinski definition) is 1. The van der Waals surface area contributed by atoms with Crippen LogP contribution in [0, 0.1) is 0 Å². The zero-order chi connectivity index (χ0) is 25.8. The molecule has 2 heterocycles. The van der Waals surface area contributed by atoms with Crippen molar-refractivity contribution in [2.45, 2.75) is 50.1 Å². The van der Waals surface area contributed by atoms with Gasteiger partial charge in [-0.15, -0.1) is 0 Å². The Hall–Kier alpha value is -3.78. The summed E-state index contributed by atoms with van der Waals surface area (Å²) < 4.78 is 12.7. The molecular weight excluding hydrogens is 486 g/mol. The lowest BCUT2D eigenvalue weighted by Crippen LogP contribution is -2.29. The lowest BCUT2D eigenvalue weighted by atomic mass is 10.1.